The Morgan fingerprint density at radius 2 is 2.15 bits per heavy atom. The number of nitrogens with zero attached hydrogens (tertiary/aromatic N) is 1. The van der Waals surface area contributed by atoms with E-state index in [1.807, 2.05) is 28.5 Å². The smallest absolute Gasteiger partial charge is 0.126 e. The van der Waals surface area contributed by atoms with Gasteiger partial charge in [-0.15, -0.1) is 0 Å². The van der Waals surface area contributed by atoms with E-state index in [0.29, 0.717) is 5.56 Å². The second-order valence-corrected chi connectivity index (χ2v) is 4.06. The molecule has 0 unspecified atom stereocenters. The predicted molar refractivity (Wildman–Crippen MR) is 53.4 cm³/mol. The van der Waals surface area contributed by atoms with Crippen LogP contribution >= 0.6 is 11.5 Å². The van der Waals surface area contributed by atoms with Crippen LogP contribution in [0, 0.1) is 12.7 Å². The Hall–Kier alpha value is -1.09. The molecule has 3 heteroatoms. The maximum Gasteiger partial charge on any atom is 0.126 e. The van der Waals surface area contributed by atoms with E-state index in [1.54, 1.807) is 24.5 Å². The Morgan fingerprint density at radius 3 is 2.62 bits per heavy atom. The lowest BCUT2D eigenvalue weighted by Crippen LogP contribution is -1.96. The number of aryl methyl sites for hydroxylation is 2. The maximum atomic E-state index is 13.2. The van der Waals surface area contributed by atoms with Gasteiger partial charge in [0.1, 0.15) is 5.82 Å². The van der Waals surface area contributed by atoms with Crippen molar-refractivity contribution in [2.75, 3.05) is 0 Å². The van der Waals surface area contributed by atoms with E-state index in [0.717, 1.165) is 11.3 Å². The third kappa shape index (κ3) is 1.40. The van der Waals surface area contributed by atoms with Crippen LogP contribution in [0.1, 0.15) is 5.56 Å². The first kappa shape index (κ1) is 8.51. The van der Waals surface area contributed by atoms with Crippen LogP contribution in [0.25, 0.3) is 11.3 Å². The summed E-state index contributed by atoms with van der Waals surface area (Å²) in [5, 5.41) is 2.02. The van der Waals surface area contributed by atoms with Crippen LogP contribution in [0.15, 0.2) is 23.6 Å². The number of benzene rings is 1. The Kier molecular flexibility index (Phi) is 1.96. The van der Waals surface area contributed by atoms with Gasteiger partial charge in [0.05, 0.1) is 5.69 Å². The van der Waals surface area contributed by atoms with Gasteiger partial charge in [0.25, 0.3) is 0 Å². The molecule has 0 saturated carbocycles. The summed E-state index contributed by atoms with van der Waals surface area (Å²) in [6.45, 7) is 1.77. The van der Waals surface area contributed by atoms with Crippen LogP contribution < -0.4 is 0 Å². The fourth-order valence-electron chi connectivity index (χ4n) is 1.21. The summed E-state index contributed by atoms with van der Waals surface area (Å²) in [6.07, 6.45) is 0. The molecule has 0 N–H and O–H groups in total. The largest absolute Gasteiger partial charge is 0.300 e. The van der Waals surface area contributed by atoms with Gasteiger partial charge in [-0.1, -0.05) is 23.7 Å². The number of aromatic nitrogens is 1. The fraction of sp³-hybridized carbons (Fsp3) is 0.200. The zero-order valence-electron chi connectivity index (χ0n) is 7.54. The Morgan fingerprint density at radius 1 is 1.38 bits per heavy atom. The summed E-state index contributed by atoms with van der Waals surface area (Å²) in [7, 11) is 1.97. The van der Waals surface area contributed by atoms with Gasteiger partial charge in [0.2, 0.25) is 0 Å². The molecule has 0 aliphatic heterocycles. The molecule has 0 saturated heterocycles. The van der Waals surface area contributed by atoms with E-state index in [-0.39, 0.29) is 5.82 Å². The topological polar surface area (TPSA) is 4.93 Å². The predicted octanol–water partition coefficient (Wildman–Crippen LogP) is 3.20. The minimum Gasteiger partial charge on any atom is -0.300 e. The quantitative estimate of drug-likeness (QED) is 0.658. The van der Waals surface area contributed by atoms with Gasteiger partial charge >= 0.3 is 0 Å². The average molecular weight is 195 g/mol. The second-order valence-electron chi connectivity index (χ2n) is 3.07. The van der Waals surface area contributed by atoms with Crippen molar-refractivity contribution in [3.63, 3.8) is 0 Å². The summed E-state index contributed by atoms with van der Waals surface area (Å²) in [5.74, 6) is -0.135. The molecule has 0 aliphatic rings. The second kappa shape index (κ2) is 3.00. The van der Waals surface area contributed by atoms with Gasteiger partial charge in [-0.05, 0) is 18.6 Å². The minimum absolute atomic E-state index is 0.135. The van der Waals surface area contributed by atoms with Crippen molar-refractivity contribution in [3.8, 4) is 11.3 Å². The first-order valence-electron chi connectivity index (χ1n) is 4.05. The highest BCUT2D eigenvalue weighted by Gasteiger charge is 2.06. The molecule has 1 aromatic carbocycles. The van der Waals surface area contributed by atoms with Crippen LogP contribution in [-0.4, -0.2) is 3.96 Å². The molecule has 0 bridgehead atoms. The molecule has 1 nitrogen and oxygen atoms in total. The molecule has 0 fully saturated rings. The molecule has 68 valence electrons. The van der Waals surface area contributed by atoms with Crippen molar-refractivity contribution >= 4 is 11.5 Å². The highest BCUT2D eigenvalue weighted by atomic mass is 32.1. The van der Waals surface area contributed by atoms with Crippen molar-refractivity contribution in [2.45, 2.75) is 6.92 Å². The molecule has 1 aromatic heterocycles. The number of rotatable bonds is 1. The summed E-state index contributed by atoms with van der Waals surface area (Å²) in [4.78, 5) is 0. The van der Waals surface area contributed by atoms with Gasteiger partial charge in [-0.3, -0.25) is 3.96 Å². The van der Waals surface area contributed by atoms with Crippen LogP contribution in [-0.2, 0) is 7.05 Å². The van der Waals surface area contributed by atoms with Gasteiger partial charge in [0, 0.05) is 18.0 Å². The van der Waals surface area contributed by atoms with E-state index < -0.39 is 0 Å². The van der Waals surface area contributed by atoms with E-state index in [2.05, 4.69) is 0 Å². The van der Waals surface area contributed by atoms with Gasteiger partial charge in [-0.2, -0.15) is 0 Å². The normalized spacial score (nSPS) is 10.7. The van der Waals surface area contributed by atoms with E-state index in [4.69, 9.17) is 0 Å². The zero-order chi connectivity index (χ0) is 9.42. The van der Waals surface area contributed by atoms with Crippen molar-refractivity contribution in [1.29, 1.82) is 0 Å². The van der Waals surface area contributed by atoms with E-state index in [9.17, 15) is 4.39 Å². The molecule has 2 aromatic rings. The van der Waals surface area contributed by atoms with Gasteiger partial charge in [-0.25, -0.2) is 4.39 Å². The molecule has 1 heterocycles. The molecule has 0 atom stereocenters. The molecule has 0 spiro atoms. The monoisotopic (exact) mass is 195 g/mol. The molecule has 0 aliphatic carbocycles. The Bertz CT molecular complexity index is 428. The highest BCUT2D eigenvalue weighted by molar-refractivity contribution is 7.06. The first-order valence-corrected chi connectivity index (χ1v) is 4.89. The summed E-state index contributed by atoms with van der Waals surface area (Å²) in [5.41, 5.74) is 2.73. The van der Waals surface area contributed by atoms with Gasteiger partial charge < -0.3 is 0 Å². The lowest BCUT2D eigenvalue weighted by atomic mass is 10.1. The van der Waals surface area contributed by atoms with Crippen molar-refractivity contribution in [1.82, 2.24) is 3.96 Å². The van der Waals surface area contributed by atoms with Crippen molar-refractivity contribution in [2.24, 2.45) is 7.05 Å². The molecular formula is C10H10FNS. The molecular weight excluding hydrogens is 185 g/mol. The zero-order valence-corrected chi connectivity index (χ0v) is 8.36. The number of hydrogen-bond acceptors (Lipinski definition) is 1. The van der Waals surface area contributed by atoms with Crippen LogP contribution in [0.2, 0.25) is 0 Å². The lowest BCUT2D eigenvalue weighted by Gasteiger charge is -2.11. The molecule has 0 amide bonds. The van der Waals surface area contributed by atoms with Crippen LogP contribution in [0.4, 0.5) is 4.39 Å². The third-order valence-corrected chi connectivity index (χ3v) is 2.97. The standard InChI is InChI=1S/C10H10FNS/c1-7-3-4-8(5-9(7)11)10-6-13-12(10)2/h3-6H,1-2H3. The van der Waals surface area contributed by atoms with Crippen LogP contribution in [0.5, 0.6) is 0 Å². The number of halogens is 1. The van der Waals surface area contributed by atoms with E-state index in [1.165, 1.54) is 0 Å². The maximum absolute atomic E-state index is 13.2. The lowest BCUT2D eigenvalue weighted by molar-refractivity contribution is 0.619. The van der Waals surface area contributed by atoms with E-state index >= 15 is 0 Å². The summed E-state index contributed by atoms with van der Waals surface area (Å²) in [6, 6.07) is 5.33. The molecule has 13 heavy (non-hydrogen) atoms. The van der Waals surface area contributed by atoms with Gasteiger partial charge in [0.15, 0.2) is 0 Å². The molecule has 2 rings (SSSR count). The SMILES string of the molecule is Cc1ccc(-c2csn2C)cc1F. The summed E-state index contributed by atoms with van der Waals surface area (Å²) < 4.78 is 15.2. The molecule has 0 radical (unpaired) electrons. The van der Waals surface area contributed by atoms with Crippen molar-refractivity contribution < 1.29 is 4.39 Å². The average Bonchev–Trinajstić information content (AvgIpc) is 2.09. The highest BCUT2D eigenvalue weighted by Crippen LogP contribution is 2.25. The van der Waals surface area contributed by atoms with Crippen molar-refractivity contribution in [3.05, 3.63) is 35.0 Å². The Balaban J connectivity index is 2.46. The number of hydrogen-bond donors (Lipinski definition) is 0. The minimum atomic E-state index is -0.135. The first-order chi connectivity index (χ1) is 6.18. The summed E-state index contributed by atoms with van der Waals surface area (Å²) >= 11 is 1.62. The Labute approximate surface area is 80.6 Å². The fourth-order valence-corrected chi connectivity index (χ4v) is 1.88. The third-order valence-electron chi connectivity index (χ3n) is 2.13. The van der Waals surface area contributed by atoms with Crippen LogP contribution in [0.3, 0.4) is 0 Å².